The van der Waals surface area contributed by atoms with E-state index in [4.69, 9.17) is 18.9 Å². The molecule has 8 N–H and O–H groups in total. The van der Waals surface area contributed by atoms with Gasteiger partial charge in [-0.1, -0.05) is 45.8 Å². The molecule has 15 atom stereocenters. The topological polar surface area (TPSA) is 199 Å². The summed E-state index contributed by atoms with van der Waals surface area (Å²) in [6, 6.07) is 0. The van der Waals surface area contributed by atoms with Gasteiger partial charge in [0.25, 0.3) is 0 Å². The molecule has 15 unspecified atom stereocenters. The molecule has 0 amide bonds. The third-order valence-electron chi connectivity index (χ3n) is 11.3. The van der Waals surface area contributed by atoms with E-state index in [0.29, 0.717) is 37.4 Å². The van der Waals surface area contributed by atoms with Crippen LogP contribution in [0.1, 0.15) is 72.1 Å². The van der Waals surface area contributed by atoms with Crippen LogP contribution in [0.15, 0.2) is 12.2 Å². The van der Waals surface area contributed by atoms with Crippen molar-refractivity contribution in [3.8, 4) is 0 Å². The van der Waals surface area contributed by atoms with Crippen molar-refractivity contribution < 1.29 is 59.8 Å². The summed E-state index contributed by atoms with van der Waals surface area (Å²) in [5, 5.41) is 80.0. The Bertz CT molecular complexity index is 933. The summed E-state index contributed by atoms with van der Waals surface area (Å²) in [6.45, 7) is 10.9. The molecule has 0 spiro atoms. The number of ether oxygens (including phenoxy) is 4. The molecular formula is C32H56O12. The van der Waals surface area contributed by atoms with Gasteiger partial charge in [0.15, 0.2) is 12.6 Å². The maximum Gasteiger partial charge on any atom is 0.186 e. The maximum atomic E-state index is 10.5. The number of aliphatic hydroxyl groups is 8. The highest BCUT2D eigenvalue weighted by molar-refractivity contribution is 5.16. The van der Waals surface area contributed by atoms with Gasteiger partial charge < -0.3 is 59.8 Å². The summed E-state index contributed by atoms with van der Waals surface area (Å²) < 4.78 is 22.9. The fourth-order valence-electron chi connectivity index (χ4n) is 8.45. The fourth-order valence-corrected chi connectivity index (χ4v) is 8.45. The van der Waals surface area contributed by atoms with Gasteiger partial charge in [-0.3, -0.25) is 0 Å². The van der Waals surface area contributed by atoms with Crippen LogP contribution in [-0.4, -0.2) is 129 Å². The van der Waals surface area contributed by atoms with Gasteiger partial charge in [-0.05, 0) is 67.1 Å². The second-order valence-electron chi connectivity index (χ2n) is 14.4. The molecule has 2 heterocycles. The number of aliphatic hydroxyl groups excluding tert-OH is 8. The summed E-state index contributed by atoms with van der Waals surface area (Å²) in [6.07, 6.45) is -5.27. The van der Waals surface area contributed by atoms with Gasteiger partial charge in [0, 0.05) is 0 Å². The molecular weight excluding hydrogens is 576 g/mol. The molecule has 4 rings (SSSR count). The number of rotatable bonds is 12. The lowest BCUT2D eigenvalue weighted by Crippen LogP contribution is -2.60. The molecule has 2 aliphatic carbocycles. The van der Waals surface area contributed by atoms with Crippen molar-refractivity contribution in [3.63, 3.8) is 0 Å². The zero-order valence-corrected chi connectivity index (χ0v) is 26.4. The molecule has 0 radical (unpaired) electrons. The summed E-state index contributed by atoms with van der Waals surface area (Å²) >= 11 is 0. The summed E-state index contributed by atoms with van der Waals surface area (Å²) in [5.74, 6) is 0.970. The van der Waals surface area contributed by atoms with Crippen molar-refractivity contribution in [1.82, 2.24) is 0 Å². The predicted molar refractivity (Wildman–Crippen MR) is 158 cm³/mol. The third-order valence-corrected chi connectivity index (χ3v) is 11.3. The fraction of sp³-hybridized carbons (Fsp3) is 0.938. The molecule has 2 aliphatic heterocycles. The van der Waals surface area contributed by atoms with E-state index < -0.39 is 74.6 Å². The molecule has 12 heteroatoms. The number of fused-ring (bicyclic) bond motifs is 1. The van der Waals surface area contributed by atoms with E-state index in [2.05, 4.69) is 27.4 Å². The zero-order chi connectivity index (χ0) is 32.4. The lowest BCUT2D eigenvalue weighted by atomic mass is 9.46. The highest BCUT2D eigenvalue weighted by Crippen LogP contribution is 2.62. The third kappa shape index (κ3) is 7.37. The average molecular weight is 633 g/mol. The molecule has 44 heavy (non-hydrogen) atoms. The van der Waals surface area contributed by atoms with E-state index in [9.17, 15) is 40.9 Å². The van der Waals surface area contributed by atoms with Crippen LogP contribution in [0.4, 0.5) is 0 Å². The highest BCUT2D eigenvalue weighted by atomic mass is 16.7. The first-order valence-electron chi connectivity index (χ1n) is 16.3. The quantitative estimate of drug-likeness (QED) is 0.136. The van der Waals surface area contributed by atoms with Crippen LogP contribution in [0.25, 0.3) is 0 Å². The van der Waals surface area contributed by atoms with Crippen LogP contribution in [0.5, 0.6) is 0 Å². The molecule has 2 saturated heterocycles. The van der Waals surface area contributed by atoms with Crippen LogP contribution in [0, 0.1) is 28.6 Å². The van der Waals surface area contributed by atoms with E-state index in [-0.39, 0.29) is 10.8 Å². The molecule has 256 valence electrons. The molecule has 0 aromatic carbocycles. The van der Waals surface area contributed by atoms with Gasteiger partial charge in [0.1, 0.15) is 48.8 Å². The van der Waals surface area contributed by atoms with Gasteiger partial charge >= 0.3 is 0 Å². The summed E-state index contributed by atoms with van der Waals surface area (Å²) in [7, 11) is 0. The molecule has 0 aromatic heterocycles. The summed E-state index contributed by atoms with van der Waals surface area (Å²) in [4.78, 5) is 0. The second-order valence-corrected chi connectivity index (χ2v) is 14.4. The Morgan fingerprint density at radius 1 is 0.818 bits per heavy atom. The standard InChI is InChI=1S/C32H56O12/c1-17(10-13-41-29-27(39)25(37)23(35)20(14-33)43-29)6-8-19-18(2)7-9-22-31(3,11-5-12-32(19,22)4)16-42-30-28(40)26(38)24(36)21(15-34)44-30/h17,19-30,33-40H,2,5-16H2,1,3-4H3. The SMILES string of the molecule is C=C1CCC2C(C)(COC3OC(CO)C(O)C(O)C3O)CCCC2(C)C1CCC(C)CCOC1OC(CO)C(O)C(O)C1O. The molecule has 2 saturated carbocycles. The molecule has 0 bridgehead atoms. The van der Waals surface area contributed by atoms with Gasteiger partial charge in [-0.25, -0.2) is 0 Å². The van der Waals surface area contributed by atoms with E-state index in [1.165, 1.54) is 5.57 Å². The van der Waals surface area contributed by atoms with Crippen molar-refractivity contribution in [1.29, 1.82) is 0 Å². The minimum absolute atomic E-state index is 0.00756. The van der Waals surface area contributed by atoms with Crippen molar-refractivity contribution in [2.24, 2.45) is 28.6 Å². The first kappa shape index (κ1) is 36.1. The Morgan fingerprint density at radius 3 is 1.95 bits per heavy atom. The van der Waals surface area contributed by atoms with Crippen LogP contribution < -0.4 is 0 Å². The van der Waals surface area contributed by atoms with Crippen LogP contribution >= 0.6 is 0 Å². The molecule has 4 fully saturated rings. The van der Waals surface area contributed by atoms with Crippen molar-refractivity contribution in [2.75, 3.05) is 26.4 Å². The second kappa shape index (κ2) is 15.0. The highest BCUT2D eigenvalue weighted by Gasteiger charge is 2.55. The van der Waals surface area contributed by atoms with Crippen LogP contribution in [0.2, 0.25) is 0 Å². The Morgan fingerprint density at radius 2 is 1.39 bits per heavy atom. The Hall–Kier alpha value is -0.740. The normalized spacial score (nSPS) is 47.3. The summed E-state index contributed by atoms with van der Waals surface area (Å²) in [5.41, 5.74) is 1.08. The van der Waals surface area contributed by atoms with Gasteiger partial charge in [-0.15, -0.1) is 0 Å². The van der Waals surface area contributed by atoms with E-state index >= 15 is 0 Å². The number of allylic oxidation sites excluding steroid dienone is 1. The lowest BCUT2D eigenvalue weighted by molar-refractivity contribution is -0.309. The van der Waals surface area contributed by atoms with Crippen LogP contribution in [-0.2, 0) is 18.9 Å². The smallest absolute Gasteiger partial charge is 0.186 e. The van der Waals surface area contributed by atoms with E-state index in [1.54, 1.807) is 0 Å². The van der Waals surface area contributed by atoms with Gasteiger partial charge in [0.05, 0.1) is 26.4 Å². The largest absolute Gasteiger partial charge is 0.394 e. The van der Waals surface area contributed by atoms with Crippen molar-refractivity contribution >= 4 is 0 Å². The first-order valence-corrected chi connectivity index (χ1v) is 16.3. The Balaban J connectivity index is 1.32. The molecule has 0 aromatic rings. The number of hydrogen-bond donors (Lipinski definition) is 8. The average Bonchev–Trinajstić information content (AvgIpc) is 2.99. The van der Waals surface area contributed by atoms with Crippen LogP contribution in [0.3, 0.4) is 0 Å². The van der Waals surface area contributed by atoms with Crippen molar-refractivity contribution in [3.05, 3.63) is 12.2 Å². The predicted octanol–water partition coefficient (Wildman–Crippen LogP) is 0.205. The maximum absolute atomic E-state index is 10.5. The minimum atomic E-state index is -1.47. The van der Waals surface area contributed by atoms with Gasteiger partial charge in [0.2, 0.25) is 0 Å². The number of hydrogen-bond acceptors (Lipinski definition) is 12. The minimum Gasteiger partial charge on any atom is -0.394 e. The lowest BCUT2D eigenvalue weighted by Gasteiger charge is -2.59. The van der Waals surface area contributed by atoms with E-state index in [1.807, 2.05) is 0 Å². The van der Waals surface area contributed by atoms with Gasteiger partial charge in [-0.2, -0.15) is 0 Å². The Kier molecular flexibility index (Phi) is 12.3. The zero-order valence-electron chi connectivity index (χ0n) is 26.4. The Labute approximate surface area is 260 Å². The van der Waals surface area contributed by atoms with Crippen molar-refractivity contribution in [2.45, 2.75) is 134 Å². The first-order chi connectivity index (χ1) is 20.8. The van der Waals surface area contributed by atoms with E-state index in [0.717, 1.165) is 44.9 Å². The molecule has 4 aliphatic rings. The molecule has 12 nitrogen and oxygen atoms in total. The monoisotopic (exact) mass is 632 g/mol.